The SMILES string of the molecule is CCS[C@H]1CC[C@@]1(O)CNC(=O)C(C)(C)c1ccccc1. The summed E-state index contributed by atoms with van der Waals surface area (Å²) in [6.07, 6.45) is 1.81. The fraction of sp³-hybridized carbons (Fsp3) is 0.588. The summed E-state index contributed by atoms with van der Waals surface area (Å²) in [5.41, 5.74) is -0.333. The molecule has 1 aromatic carbocycles. The second kappa shape index (κ2) is 6.41. The number of carbonyl (C=O) groups is 1. The standard InChI is InChI=1S/C17H25NO2S/c1-4-21-14-10-11-17(14,20)12-18-15(19)16(2,3)13-8-6-5-7-9-13/h5-9,14,20H,4,10-12H2,1-3H3,(H,18,19)/t14-,17+/m0/s1. The van der Waals surface area contributed by atoms with Crippen molar-refractivity contribution < 1.29 is 9.90 Å². The Morgan fingerprint density at radius 1 is 1.43 bits per heavy atom. The molecular formula is C17H25NO2S. The molecule has 2 rings (SSSR count). The van der Waals surface area contributed by atoms with Gasteiger partial charge in [-0.2, -0.15) is 11.8 Å². The largest absolute Gasteiger partial charge is 0.387 e. The minimum absolute atomic E-state index is 0.0331. The first kappa shape index (κ1) is 16.4. The van der Waals surface area contributed by atoms with Crippen LogP contribution in [0.25, 0.3) is 0 Å². The van der Waals surface area contributed by atoms with E-state index in [4.69, 9.17) is 0 Å². The van der Waals surface area contributed by atoms with E-state index in [0.29, 0.717) is 6.54 Å². The lowest BCUT2D eigenvalue weighted by Gasteiger charge is -2.45. The van der Waals surface area contributed by atoms with Crippen LogP contribution in [0.2, 0.25) is 0 Å². The molecule has 21 heavy (non-hydrogen) atoms. The summed E-state index contributed by atoms with van der Waals surface area (Å²) in [5, 5.41) is 13.8. The molecule has 2 N–H and O–H groups in total. The minimum Gasteiger partial charge on any atom is -0.387 e. The third-order valence-electron chi connectivity index (χ3n) is 4.42. The van der Waals surface area contributed by atoms with Gasteiger partial charge in [-0.05, 0) is 38.0 Å². The summed E-state index contributed by atoms with van der Waals surface area (Å²) in [7, 11) is 0. The van der Waals surface area contributed by atoms with E-state index in [1.807, 2.05) is 44.2 Å². The number of amides is 1. The number of hydrogen-bond donors (Lipinski definition) is 2. The van der Waals surface area contributed by atoms with E-state index in [1.54, 1.807) is 11.8 Å². The molecule has 0 aromatic heterocycles. The van der Waals surface area contributed by atoms with Gasteiger partial charge < -0.3 is 10.4 Å². The second-order valence-corrected chi connectivity index (χ2v) is 7.74. The molecule has 0 bridgehead atoms. The zero-order chi connectivity index (χ0) is 15.5. The first-order chi connectivity index (χ1) is 9.90. The monoisotopic (exact) mass is 307 g/mol. The van der Waals surface area contributed by atoms with E-state index >= 15 is 0 Å². The molecule has 0 unspecified atom stereocenters. The molecule has 1 aliphatic carbocycles. The Labute approximate surface area is 131 Å². The summed E-state index contributed by atoms with van der Waals surface area (Å²) >= 11 is 1.78. The molecule has 4 heteroatoms. The molecule has 0 heterocycles. The third kappa shape index (κ3) is 3.43. The highest BCUT2D eigenvalue weighted by Crippen LogP contribution is 2.40. The molecule has 1 aromatic rings. The first-order valence-corrected chi connectivity index (χ1v) is 8.63. The van der Waals surface area contributed by atoms with Crippen LogP contribution in [-0.4, -0.2) is 34.2 Å². The van der Waals surface area contributed by atoms with E-state index in [2.05, 4.69) is 12.2 Å². The highest BCUT2D eigenvalue weighted by molar-refractivity contribution is 8.00. The molecule has 3 nitrogen and oxygen atoms in total. The molecule has 0 spiro atoms. The Kier molecular flexibility index (Phi) is 4.99. The number of rotatable bonds is 6. The van der Waals surface area contributed by atoms with Crippen LogP contribution in [0.15, 0.2) is 30.3 Å². The van der Waals surface area contributed by atoms with Gasteiger partial charge in [-0.1, -0.05) is 37.3 Å². The van der Waals surface area contributed by atoms with Crippen LogP contribution in [0.5, 0.6) is 0 Å². The van der Waals surface area contributed by atoms with E-state index in [9.17, 15) is 9.90 Å². The van der Waals surface area contributed by atoms with Crippen LogP contribution in [0, 0.1) is 0 Å². The average molecular weight is 307 g/mol. The van der Waals surface area contributed by atoms with Gasteiger partial charge in [-0.3, -0.25) is 4.79 Å². The van der Waals surface area contributed by atoms with Crippen molar-refractivity contribution in [1.82, 2.24) is 5.32 Å². The lowest BCUT2D eigenvalue weighted by atomic mass is 9.78. The third-order valence-corrected chi connectivity index (χ3v) is 5.83. The lowest BCUT2D eigenvalue weighted by Crippen LogP contribution is -2.58. The molecular weight excluding hydrogens is 282 g/mol. The Hall–Kier alpha value is -1.00. The second-order valence-electron chi connectivity index (χ2n) is 6.26. The normalized spacial score (nSPS) is 25.2. The topological polar surface area (TPSA) is 49.3 Å². The number of nitrogens with one attached hydrogen (secondary N) is 1. The maximum Gasteiger partial charge on any atom is 0.230 e. The predicted octanol–water partition coefficient (Wildman–Crippen LogP) is 2.73. The van der Waals surface area contributed by atoms with Gasteiger partial charge in [0.2, 0.25) is 5.91 Å². The van der Waals surface area contributed by atoms with Gasteiger partial charge >= 0.3 is 0 Å². The maximum absolute atomic E-state index is 12.5. The van der Waals surface area contributed by atoms with Crippen molar-refractivity contribution in [2.45, 2.75) is 49.9 Å². The van der Waals surface area contributed by atoms with E-state index < -0.39 is 11.0 Å². The Morgan fingerprint density at radius 2 is 2.10 bits per heavy atom. The van der Waals surface area contributed by atoms with Crippen LogP contribution in [-0.2, 0) is 10.2 Å². The van der Waals surface area contributed by atoms with Gasteiger partial charge in [0.05, 0.1) is 11.0 Å². The zero-order valence-electron chi connectivity index (χ0n) is 13.1. The number of benzene rings is 1. The smallest absolute Gasteiger partial charge is 0.230 e. The molecule has 0 saturated heterocycles. The van der Waals surface area contributed by atoms with Crippen molar-refractivity contribution in [1.29, 1.82) is 0 Å². The van der Waals surface area contributed by atoms with Crippen molar-refractivity contribution in [2.24, 2.45) is 0 Å². The molecule has 116 valence electrons. The molecule has 1 saturated carbocycles. The first-order valence-electron chi connectivity index (χ1n) is 7.58. The minimum atomic E-state index is -0.733. The lowest BCUT2D eigenvalue weighted by molar-refractivity contribution is -0.127. The molecule has 1 fully saturated rings. The van der Waals surface area contributed by atoms with Crippen LogP contribution in [0.1, 0.15) is 39.2 Å². The van der Waals surface area contributed by atoms with Crippen LogP contribution in [0.3, 0.4) is 0 Å². The summed E-state index contributed by atoms with van der Waals surface area (Å²) in [6.45, 7) is 6.28. The van der Waals surface area contributed by atoms with E-state index in [-0.39, 0.29) is 11.2 Å². The van der Waals surface area contributed by atoms with Gasteiger partial charge in [0.15, 0.2) is 0 Å². The van der Waals surface area contributed by atoms with Gasteiger partial charge in [0.1, 0.15) is 0 Å². The van der Waals surface area contributed by atoms with Gasteiger partial charge in [0, 0.05) is 11.8 Å². The molecule has 1 amide bonds. The van der Waals surface area contributed by atoms with Gasteiger partial charge in [-0.15, -0.1) is 0 Å². The molecule has 0 aliphatic heterocycles. The molecule has 1 aliphatic rings. The number of aliphatic hydroxyl groups is 1. The zero-order valence-corrected chi connectivity index (χ0v) is 13.9. The average Bonchev–Trinajstić information content (AvgIpc) is 2.49. The van der Waals surface area contributed by atoms with Crippen molar-refractivity contribution in [2.75, 3.05) is 12.3 Å². The molecule has 2 atom stereocenters. The maximum atomic E-state index is 12.5. The van der Waals surface area contributed by atoms with Gasteiger partial charge in [-0.25, -0.2) is 0 Å². The van der Waals surface area contributed by atoms with Crippen molar-refractivity contribution in [3.8, 4) is 0 Å². The fourth-order valence-electron chi connectivity index (χ4n) is 2.68. The highest BCUT2D eigenvalue weighted by atomic mass is 32.2. The summed E-state index contributed by atoms with van der Waals surface area (Å²) in [5.74, 6) is 0.963. The summed E-state index contributed by atoms with van der Waals surface area (Å²) < 4.78 is 0. The van der Waals surface area contributed by atoms with Crippen molar-refractivity contribution >= 4 is 17.7 Å². The fourth-order valence-corrected chi connectivity index (χ4v) is 3.88. The van der Waals surface area contributed by atoms with Gasteiger partial charge in [0.25, 0.3) is 0 Å². The summed E-state index contributed by atoms with van der Waals surface area (Å²) in [4.78, 5) is 12.5. The van der Waals surface area contributed by atoms with Crippen LogP contribution in [0.4, 0.5) is 0 Å². The van der Waals surface area contributed by atoms with Crippen LogP contribution < -0.4 is 5.32 Å². The number of carbonyl (C=O) groups excluding carboxylic acids is 1. The Balaban J connectivity index is 1.96. The predicted molar refractivity (Wildman–Crippen MR) is 88.6 cm³/mol. The Morgan fingerprint density at radius 3 is 2.62 bits per heavy atom. The molecule has 0 radical (unpaired) electrons. The number of hydrogen-bond acceptors (Lipinski definition) is 3. The van der Waals surface area contributed by atoms with Crippen molar-refractivity contribution in [3.05, 3.63) is 35.9 Å². The summed E-state index contributed by atoms with van der Waals surface area (Å²) in [6, 6.07) is 9.76. The van der Waals surface area contributed by atoms with E-state index in [1.165, 1.54) is 0 Å². The van der Waals surface area contributed by atoms with Crippen molar-refractivity contribution in [3.63, 3.8) is 0 Å². The quantitative estimate of drug-likeness (QED) is 0.849. The Bertz CT molecular complexity index is 489. The van der Waals surface area contributed by atoms with Crippen LogP contribution >= 0.6 is 11.8 Å². The number of thioether (sulfide) groups is 1. The van der Waals surface area contributed by atoms with E-state index in [0.717, 1.165) is 24.2 Å². The highest BCUT2D eigenvalue weighted by Gasteiger charge is 2.45.